The van der Waals surface area contributed by atoms with Crippen molar-refractivity contribution in [3.8, 4) is 0 Å². The normalized spacial score (nSPS) is 16.7. The Bertz CT molecular complexity index is 1040. The molecule has 8 heteroatoms. The van der Waals surface area contributed by atoms with E-state index in [9.17, 15) is 14.4 Å². The maximum Gasteiger partial charge on any atom is 0.249 e. The van der Waals surface area contributed by atoms with Crippen molar-refractivity contribution in [2.75, 3.05) is 16.8 Å². The third-order valence-corrected chi connectivity index (χ3v) is 5.83. The SMILES string of the molecule is O=C(N[C@@H](Cc1ccccc1)C(=O)Nc1nccs1)[C@@H]1CC(=O)N(c2ccccc2)C1. The predicted octanol–water partition coefficient (Wildman–Crippen LogP) is 2.86. The first-order valence-electron chi connectivity index (χ1n) is 10.0. The first-order chi connectivity index (χ1) is 15.1. The largest absolute Gasteiger partial charge is 0.344 e. The zero-order chi connectivity index (χ0) is 21.6. The maximum atomic E-state index is 13.0. The van der Waals surface area contributed by atoms with Crippen LogP contribution in [0, 0.1) is 5.92 Å². The summed E-state index contributed by atoms with van der Waals surface area (Å²) in [6.45, 7) is 0.292. The molecule has 1 aliphatic rings. The predicted molar refractivity (Wildman–Crippen MR) is 120 cm³/mol. The highest BCUT2D eigenvalue weighted by molar-refractivity contribution is 7.13. The van der Waals surface area contributed by atoms with Crippen molar-refractivity contribution in [2.24, 2.45) is 5.92 Å². The van der Waals surface area contributed by atoms with Gasteiger partial charge in [-0.25, -0.2) is 4.98 Å². The fourth-order valence-corrected chi connectivity index (χ4v) is 4.10. The molecule has 2 heterocycles. The third kappa shape index (κ3) is 5.16. The molecule has 1 fully saturated rings. The van der Waals surface area contributed by atoms with E-state index < -0.39 is 12.0 Å². The second-order valence-electron chi connectivity index (χ2n) is 7.32. The van der Waals surface area contributed by atoms with Gasteiger partial charge in [-0.1, -0.05) is 48.5 Å². The van der Waals surface area contributed by atoms with Crippen molar-refractivity contribution in [3.05, 3.63) is 77.8 Å². The molecule has 0 unspecified atom stereocenters. The van der Waals surface area contributed by atoms with E-state index in [0.717, 1.165) is 11.3 Å². The molecule has 1 aromatic heterocycles. The quantitative estimate of drug-likeness (QED) is 0.598. The number of benzene rings is 2. The van der Waals surface area contributed by atoms with Gasteiger partial charge in [-0.05, 0) is 17.7 Å². The average Bonchev–Trinajstić information content (AvgIpc) is 3.44. The van der Waals surface area contributed by atoms with E-state index in [1.165, 1.54) is 11.3 Å². The smallest absolute Gasteiger partial charge is 0.249 e. The molecule has 4 rings (SSSR count). The molecule has 1 saturated heterocycles. The molecule has 0 bridgehead atoms. The van der Waals surface area contributed by atoms with E-state index in [-0.39, 0.29) is 24.1 Å². The molecule has 31 heavy (non-hydrogen) atoms. The van der Waals surface area contributed by atoms with Crippen LogP contribution in [0.2, 0.25) is 0 Å². The lowest BCUT2D eigenvalue weighted by molar-refractivity contribution is -0.129. The Morgan fingerprint density at radius 2 is 1.81 bits per heavy atom. The molecule has 2 N–H and O–H groups in total. The second kappa shape index (κ2) is 9.53. The Morgan fingerprint density at radius 1 is 1.10 bits per heavy atom. The van der Waals surface area contributed by atoms with E-state index in [4.69, 9.17) is 0 Å². The maximum absolute atomic E-state index is 13.0. The minimum atomic E-state index is -0.778. The molecule has 0 radical (unpaired) electrons. The summed E-state index contributed by atoms with van der Waals surface area (Å²) in [6, 6.07) is 18.0. The molecule has 1 aliphatic heterocycles. The Morgan fingerprint density at radius 3 is 2.48 bits per heavy atom. The van der Waals surface area contributed by atoms with Gasteiger partial charge in [-0.15, -0.1) is 11.3 Å². The number of para-hydroxylation sites is 1. The molecular weight excluding hydrogens is 412 g/mol. The van der Waals surface area contributed by atoms with Crippen molar-refractivity contribution < 1.29 is 14.4 Å². The van der Waals surface area contributed by atoms with Gasteiger partial charge in [0.15, 0.2) is 5.13 Å². The summed E-state index contributed by atoms with van der Waals surface area (Å²) in [5, 5.41) is 7.86. The van der Waals surface area contributed by atoms with Crippen LogP contribution in [0.25, 0.3) is 0 Å². The lowest BCUT2D eigenvalue weighted by Gasteiger charge is -2.20. The fourth-order valence-electron chi connectivity index (χ4n) is 3.57. The number of carbonyl (C=O) groups excluding carboxylic acids is 3. The molecule has 3 amide bonds. The molecule has 0 spiro atoms. The minimum Gasteiger partial charge on any atom is -0.344 e. The van der Waals surface area contributed by atoms with Gasteiger partial charge in [0.05, 0.1) is 5.92 Å². The summed E-state index contributed by atoms with van der Waals surface area (Å²) in [5.74, 6) is -1.25. The van der Waals surface area contributed by atoms with Gasteiger partial charge in [-0.2, -0.15) is 0 Å². The third-order valence-electron chi connectivity index (χ3n) is 5.14. The Balaban J connectivity index is 1.46. The number of nitrogens with one attached hydrogen (secondary N) is 2. The summed E-state index contributed by atoms with van der Waals surface area (Å²) in [6.07, 6.45) is 2.06. The number of anilines is 2. The lowest BCUT2D eigenvalue weighted by atomic mass is 10.0. The zero-order valence-electron chi connectivity index (χ0n) is 16.7. The van der Waals surface area contributed by atoms with Crippen LogP contribution in [-0.4, -0.2) is 35.3 Å². The van der Waals surface area contributed by atoms with Crippen LogP contribution in [-0.2, 0) is 20.8 Å². The molecule has 158 valence electrons. The minimum absolute atomic E-state index is 0.0989. The van der Waals surface area contributed by atoms with Gasteiger partial charge in [0.25, 0.3) is 0 Å². The lowest BCUT2D eigenvalue weighted by Crippen LogP contribution is -2.47. The Kier molecular flexibility index (Phi) is 6.37. The second-order valence-corrected chi connectivity index (χ2v) is 8.21. The zero-order valence-corrected chi connectivity index (χ0v) is 17.5. The van der Waals surface area contributed by atoms with Crippen LogP contribution in [0.5, 0.6) is 0 Å². The van der Waals surface area contributed by atoms with E-state index in [1.807, 2.05) is 60.7 Å². The summed E-state index contributed by atoms with van der Waals surface area (Å²) in [5.41, 5.74) is 1.70. The monoisotopic (exact) mass is 434 g/mol. The van der Waals surface area contributed by atoms with Crippen LogP contribution in [0.3, 0.4) is 0 Å². The van der Waals surface area contributed by atoms with Crippen molar-refractivity contribution >= 4 is 39.9 Å². The van der Waals surface area contributed by atoms with Crippen LogP contribution in [0.4, 0.5) is 10.8 Å². The summed E-state index contributed by atoms with van der Waals surface area (Å²) in [4.78, 5) is 44.0. The topological polar surface area (TPSA) is 91.4 Å². The molecule has 7 nitrogen and oxygen atoms in total. The molecule has 2 aromatic carbocycles. The number of hydrogen-bond donors (Lipinski definition) is 2. The molecular formula is C23H22N4O3S. The Labute approximate surface area is 184 Å². The summed E-state index contributed by atoms with van der Waals surface area (Å²) in [7, 11) is 0. The first kappa shape index (κ1) is 20.7. The first-order valence-corrected chi connectivity index (χ1v) is 10.9. The average molecular weight is 435 g/mol. The molecule has 3 aromatic rings. The van der Waals surface area contributed by atoms with Gasteiger partial charge in [0.1, 0.15) is 6.04 Å². The van der Waals surface area contributed by atoms with Gasteiger partial charge in [0.2, 0.25) is 17.7 Å². The summed E-state index contributed by atoms with van der Waals surface area (Å²) >= 11 is 1.31. The fraction of sp³-hybridized carbons (Fsp3) is 0.217. The number of aromatic nitrogens is 1. The molecule has 0 saturated carbocycles. The molecule has 2 atom stereocenters. The number of amides is 3. The number of rotatable bonds is 7. The number of hydrogen-bond acceptors (Lipinski definition) is 5. The highest BCUT2D eigenvalue weighted by Crippen LogP contribution is 2.25. The number of carbonyl (C=O) groups is 3. The van der Waals surface area contributed by atoms with E-state index in [1.54, 1.807) is 16.5 Å². The van der Waals surface area contributed by atoms with Crippen molar-refractivity contribution in [3.63, 3.8) is 0 Å². The standard InChI is InChI=1S/C23H22N4O3S/c28-20-14-17(15-27(20)18-9-5-2-6-10-18)21(29)25-19(13-16-7-3-1-4-8-16)22(30)26-23-24-11-12-31-23/h1-12,17,19H,13-15H2,(H,25,29)(H,24,26,30)/t17-,19+/m1/s1. The Hall–Kier alpha value is -3.52. The summed E-state index contributed by atoms with van der Waals surface area (Å²) < 4.78 is 0. The van der Waals surface area contributed by atoms with Gasteiger partial charge in [-0.3, -0.25) is 14.4 Å². The van der Waals surface area contributed by atoms with Gasteiger partial charge < -0.3 is 15.5 Å². The van der Waals surface area contributed by atoms with Gasteiger partial charge >= 0.3 is 0 Å². The van der Waals surface area contributed by atoms with Crippen LogP contribution in [0.15, 0.2) is 72.2 Å². The van der Waals surface area contributed by atoms with Crippen molar-refractivity contribution in [2.45, 2.75) is 18.9 Å². The van der Waals surface area contributed by atoms with Gasteiger partial charge in [0, 0.05) is 36.7 Å². The number of nitrogens with zero attached hydrogens (tertiary/aromatic N) is 2. The van der Waals surface area contributed by atoms with E-state index in [0.29, 0.717) is 18.1 Å². The van der Waals surface area contributed by atoms with Crippen LogP contribution in [0.1, 0.15) is 12.0 Å². The highest BCUT2D eigenvalue weighted by Gasteiger charge is 2.36. The van der Waals surface area contributed by atoms with Crippen molar-refractivity contribution in [1.82, 2.24) is 10.3 Å². The highest BCUT2D eigenvalue weighted by atomic mass is 32.1. The van der Waals surface area contributed by atoms with Crippen LogP contribution >= 0.6 is 11.3 Å². The number of thiazole rings is 1. The molecule has 0 aliphatic carbocycles. The van der Waals surface area contributed by atoms with E-state index >= 15 is 0 Å². The van der Waals surface area contributed by atoms with Crippen molar-refractivity contribution in [1.29, 1.82) is 0 Å². The van der Waals surface area contributed by atoms with E-state index in [2.05, 4.69) is 15.6 Å². The van der Waals surface area contributed by atoms with Crippen LogP contribution < -0.4 is 15.5 Å².